The van der Waals surface area contributed by atoms with Gasteiger partial charge in [-0.2, -0.15) is 0 Å². The summed E-state index contributed by atoms with van der Waals surface area (Å²) >= 11 is 1.72. The number of aryl methyl sites for hydroxylation is 1. The molecule has 0 amide bonds. The maximum atomic E-state index is 6.38. The number of furan rings is 1. The van der Waals surface area contributed by atoms with E-state index in [2.05, 4.69) is 78.6 Å². The topological polar surface area (TPSA) is 38.9 Å². The third-order valence-electron chi connectivity index (χ3n) is 6.69. The first kappa shape index (κ1) is 27.0. The Labute approximate surface area is 245 Å². The Hall–Kier alpha value is -3.63. The number of pyridine rings is 2. The van der Waals surface area contributed by atoms with Gasteiger partial charge in [-0.05, 0) is 58.3 Å². The van der Waals surface area contributed by atoms with E-state index < -0.39 is 0 Å². The van der Waals surface area contributed by atoms with Crippen LogP contribution in [0.1, 0.15) is 30.9 Å². The number of nitrogens with zero attached hydrogens (tertiary/aromatic N) is 2. The minimum absolute atomic E-state index is 0. The third kappa shape index (κ3) is 5.31. The largest absolute Gasteiger partial charge is 0.499 e. The van der Waals surface area contributed by atoms with E-state index in [4.69, 9.17) is 4.42 Å². The molecule has 0 spiro atoms. The van der Waals surface area contributed by atoms with Gasteiger partial charge in [0, 0.05) is 37.9 Å². The van der Waals surface area contributed by atoms with E-state index in [9.17, 15) is 0 Å². The minimum atomic E-state index is 0. The van der Waals surface area contributed by atoms with Crippen LogP contribution in [0, 0.1) is 19.1 Å². The molecular formula is C34H26IrN2OS-2. The van der Waals surface area contributed by atoms with Crippen LogP contribution >= 0.6 is 11.3 Å². The predicted molar refractivity (Wildman–Crippen MR) is 159 cm³/mol. The molecule has 0 unspecified atom stereocenters. The maximum absolute atomic E-state index is 6.38. The molecule has 1 radical (unpaired) electrons. The summed E-state index contributed by atoms with van der Waals surface area (Å²) in [6.07, 6.45) is 3.74. The van der Waals surface area contributed by atoms with E-state index in [1.54, 1.807) is 17.5 Å². The number of thiophene rings is 1. The second kappa shape index (κ2) is 11.6. The van der Waals surface area contributed by atoms with Gasteiger partial charge in [-0.15, -0.1) is 65.4 Å². The summed E-state index contributed by atoms with van der Waals surface area (Å²) in [7, 11) is 0. The van der Waals surface area contributed by atoms with Crippen LogP contribution in [0.4, 0.5) is 0 Å². The van der Waals surface area contributed by atoms with Crippen LogP contribution in [0.5, 0.6) is 0 Å². The Morgan fingerprint density at radius 2 is 1.67 bits per heavy atom. The molecule has 0 aliphatic rings. The molecule has 0 bridgehead atoms. The fourth-order valence-electron chi connectivity index (χ4n) is 4.79. The summed E-state index contributed by atoms with van der Waals surface area (Å²) in [5, 5.41) is 5.61. The van der Waals surface area contributed by atoms with E-state index in [-0.39, 0.29) is 20.1 Å². The van der Waals surface area contributed by atoms with Gasteiger partial charge in [0.25, 0.3) is 0 Å². The first-order chi connectivity index (χ1) is 18.6. The van der Waals surface area contributed by atoms with E-state index >= 15 is 0 Å². The van der Waals surface area contributed by atoms with Gasteiger partial charge in [-0.25, -0.2) is 0 Å². The van der Waals surface area contributed by atoms with Crippen molar-refractivity contribution in [3.8, 4) is 22.5 Å². The Morgan fingerprint density at radius 1 is 0.821 bits per heavy atom. The van der Waals surface area contributed by atoms with Gasteiger partial charge in [-0.3, -0.25) is 0 Å². The standard InChI is InChI=1S/C23H18NOS.C11H8N.Ir/c1-13(2)19-11-20(24-12-14(19)3)18-6-4-5-16-17-8-7-15-9-10-26-23(15)22(17)25-21(16)18;1-2-6-10(7-3-1)11-8-4-5-9-12-11;/h4-5,7-13H,1-3H3;1-6,8-9H;/q2*-1;. The summed E-state index contributed by atoms with van der Waals surface area (Å²) in [6.45, 7) is 6.54. The second-order valence-electron chi connectivity index (χ2n) is 9.55. The molecule has 7 rings (SSSR count). The molecule has 4 heterocycles. The van der Waals surface area contributed by atoms with Crippen LogP contribution in [-0.4, -0.2) is 9.97 Å². The van der Waals surface area contributed by atoms with E-state index in [0.29, 0.717) is 5.92 Å². The van der Waals surface area contributed by atoms with Crippen molar-refractivity contribution < 1.29 is 24.5 Å². The summed E-state index contributed by atoms with van der Waals surface area (Å²) in [5.41, 5.74) is 8.24. The average Bonchev–Trinajstić information content (AvgIpc) is 3.59. The smallest absolute Gasteiger partial charge is 0.138 e. The number of aromatic nitrogens is 2. The molecule has 39 heavy (non-hydrogen) atoms. The molecule has 7 aromatic rings. The molecule has 0 fully saturated rings. The number of hydrogen-bond acceptors (Lipinski definition) is 4. The van der Waals surface area contributed by atoms with Crippen molar-refractivity contribution in [1.29, 1.82) is 0 Å². The Kier molecular flexibility index (Phi) is 8.04. The van der Waals surface area contributed by atoms with E-state index in [1.165, 1.54) is 21.2 Å². The SMILES string of the molecule is Cc1cnc(-c2[c-]ccc3c2oc2c3ccc3ccsc32)cc1C(C)C.[Ir].[c-]1ccccc1-c1ccccn1. The quantitative estimate of drug-likeness (QED) is 0.172. The maximum Gasteiger partial charge on any atom is 0.138 e. The van der Waals surface area contributed by atoms with Crippen molar-refractivity contribution in [2.24, 2.45) is 0 Å². The molecule has 4 aromatic heterocycles. The molecule has 3 nitrogen and oxygen atoms in total. The first-order valence-corrected chi connectivity index (χ1v) is 13.6. The Balaban J connectivity index is 0.000000200. The molecule has 5 heteroatoms. The van der Waals surface area contributed by atoms with E-state index in [0.717, 1.165) is 44.5 Å². The molecule has 195 valence electrons. The monoisotopic (exact) mass is 703 g/mol. The molecule has 3 aromatic carbocycles. The zero-order valence-corrected chi connectivity index (χ0v) is 25.1. The van der Waals surface area contributed by atoms with Crippen molar-refractivity contribution in [1.82, 2.24) is 9.97 Å². The van der Waals surface area contributed by atoms with Crippen LogP contribution in [0.3, 0.4) is 0 Å². The zero-order chi connectivity index (χ0) is 26.1. The average molecular weight is 703 g/mol. The van der Waals surface area contributed by atoms with Crippen LogP contribution in [0.25, 0.3) is 54.5 Å². The van der Waals surface area contributed by atoms with Crippen LogP contribution in [0.15, 0.2) is 101 Å². The second-order valence-corrected chi connectivity index (χ2v) is 10.5. The van der Waals surface area contributed by atoms with Gasteiger partial charge >= 0.3 is 0 Å². The normalized spacial score (nSPS) is 11.0. The fourth-order valence-corrected chi connectivity index (χ4v) is 5.67. The van der Waals surface area contributed by atoms with Crippen molar-refractivity contribution in [3.63, 3.8) is 0 Å². The van der Waals surface area contributed by atoms with Crippen molar-refractivity contribution in [2.45, 2.75) is 26.7 Å². The third-order valence-corrected chi connectivity index (χ3v) is 7.62. The fraction of sp³-hybridized carbons (Fsp3) is 0.118. The van der Waals surface area contributed by atoms with Crippen molar-refractivity contribution in [3.05, 3.63) is 120 Å². The molecule has 0 aliphatic carbocycles. The summed E-state index contributed by atoms with van der Waals surface area (Å²) in [6, 6.07) is 32.9. The molecule has 0 N–H and O–H groups in total. The number of hydrogen-bond donors (Lipinski definition) is 0. The van der Waals surface area contributed by atoms with Gasteiger partial charge < -0.3 is 14.4 Å². The van der Waals surface area contributed by atoms with Gasteiger partial charge in [0.15, 0.2) is 0 Å². The van der Waals surface area contributed by atoms with Crippen molar-refractivity contribution >= 4 is 43.4 Å². The van der Waals surface area contributed by atoms with Crippen molar-refractivity contribution in [2.75, 3.05) is 0 Å². The summed E-state index contributed by atoms with van der Waals surface area (Å²) in [5.74, 6) is 0.456. The first-order valence-electron chi connectivity index (χ1n) is 12.7. The Bertz CT molecular complexity index is 1820. The molecule has 0 saturated heterocycles. The minimum Gasteiger partial charge on any atom is -0.499 e. The number of benzene rings is 3. The predicted octanol–water partition coefficient (Wildman–Crippen LogP) is 9.64. The van der Waals surface area contributed by atoms with Crippen LogP contribution < -0.4 is 0 Å². The number of rotatable bonds is 3. The molecular weight excluding hydrogens is 677 g/mol. The van der Waals surface area contributed by atoms with Gasteiger partial charge in [-0.1, -0.05) is 55.1 Å². The molecule has 0 aliphatic heterocycles. The number of fused-ring (bicyclic) bond motifs is 5. The molecule has 0 saturated carbocycles. The van der Waals surface area contributed by atoms with Crippen LogP contribution in [-0.2, 0) is 20.1 Å². The van der Waals surface area contributed by atoms with Crippen LogP contribution in [0.2, 0.25) is 0 Å². The van der Waals surface area contributed by atoms with Gasteiger partial charge in [0.1, 0.15) is 5.58 Å². The molecule has 0 atom stereocenters. The Morgan fingerprint density at radius 3 is 2.44 bits per heavy atom. The van der Waals surface area contributed by atoms with Gasteiger partial charge in [0.2, 0.25) is 0 Å². The summed E-state index contributed by atoms with van der Waals surface area (Å²) in [4.78, 5) is 8.89. The van der Waals surface area contributed by atoms with E-state index in [1.807, 2.05) is 54.7 Å². The zero-order valence-electron chi connectivity index (χ0n) is 21.9. The summed E-state index contributed by atoms with van der Waals surface area (Å²) < 4.78 is 7.58. The van der Waals surface area contributed by atoms with Gasteiger partial charge in [0.05, 0.1) is 10.3 Å².